The van der Waals surface area contributed by atoms with Crippen molar-refractivity contribution < 1.29 is 22.0 Å². The molecule has 156 valence electrons. The number of halogens is 1. The van der Waals surface area contributed by atoms with E-state index in [1.807, 2.05) is 24.3 Å². The molecule has 0 radical (unpaired) electrons. The van der Waals surface area contributed by atoms with Crippen LogP contribution in [0.25, 0.3) is 0 Å². The number of para-hydroxylation sites is 1. The first-order chi connectivity index (χ1) is 14.5. The third-order valence-electron chi connectivity index (χ3n) is 5.09. The summed E-state index contributed by atoms with van der Waals surface area (Å²) in [7, 11) is -4.27. The molecule has 0 saturated carbocycles. The molecule has 2 heterocycles. The summed E-state index contributed by atoms with van der Waals surface area (Å²) in [5.74, 6) is -0.868. The first-order valence-electron chi connectivity index (χ1n) is 9.62. The van der Waals surface area contributed by atoms with Crippen molar-refractivity contribution in [2.24, 2.45) is 0 Å². The van der Waals surface area contributed by atoms with E-state index in [4.69, 9.17) is 4.42 Å². The number of furan rings is 1. The zero-order chi connectivity index (χ0) is 21.1. The Kier molecular flexibility index (Phi) is 5.69. The Bertz CT molecular complexity index is 1150. The summed E-state index contributed by atoms with van der Waals surface area (Å²) in [6, 6.07) is 16.0. The molecule has 1 aliphatic rings. The highest BCUT2D eigenvalue weighted by Crippen LogP contribution is 2.28. The summed E-state index contributed by atoms with van der Waals surface area (Å²) in [6.07, 6.45) is 3.08. The van der Waals surface area contributed by atoms with Crippen molar-refractivity contribution in [3.05, 3.63) is 84.1 Å². The lowest BCUT2D eigenvalue weighted by atomic mass is 10.0. The van der Waals surface area contributed by atoms with E-state index in [9.17, 15) is 17.6 Å². The average Bonchev–Trinajstić information content (AvgIpc) is 3.26. The minimum atomic E-state index is -4.27. The maximum atomic E-state index is 14.3. The lowest BCUT2D eigenvalue weighted by Gasteiger charge is -2.31. The van der Waals surface area contributed by atoms with Crippen LogP contribution >= 0.6 is 0 Å². The van der Waals surface area contributed by atoms with Crippen molar-refractivity contribution in [3.63, 3.8) is 0 Å². The highest BCUT2D eigenvalue weighted by Gasteiger charge is 2.32. The predicted molar refractivity (Wildman–Crippen MR) is 110 cm³/mol. The Hall–Kier alpha value is -2.97. The summed E-state index contributed by atoms with van der Waals surface area (Å²) in [4.78, 5) is 14.3. The molecule has 0 N–H and O–H groups in total. The molecule has 0 atom stereocenters. The van der Waals surface area contributed by atoms with Gasteiger partial charge in [-0.2, -0.15) is 4.31 Å². The van der Waals surface area contributed by atoms with Crippen LogP contribution in [0.3, 0.4) is 0 Å². The largest absolute Gasteiger partial charge is 0.468 e. The third-order valence-corrected chi connectivity index (χ3v) is 6.91. The number of nitrogens with zero attached hydrogens (tertiary/aromatic N) is 2. The Balaban J connectivity index is 1.66. The third kappa shape index (κ3) is 4.01. The van der Waals surface area contributed by atoms with Crippen molar-refractivity contribution in [1.29, 1.82) is 0 Å². The molecule has 30 heavy (non-hydrogen) atoms. The average molecular weight is 428 g/mol. The topological polar surface area (TPSA) is 70.8 Å². The maximum Gasteiger partial charge on any atom is 0.246 e. The standard InChI is InChI=1S/C22H21FN2O4S/c23-19-10-2-4-12-21(19)30(27,28)24(15-18-9-6-14-29-18)16-22(26)25-13-5-8-17-7-1-3-11-20(17)25/h1-4,6-7,9-12,14H,5,8,13,15-16H2. The summed E-state index contributed by atoms with van der Waals surface area (Å²) in [5, 5.41) is 0. The van der Waals surface area contributed by atoms with Gasteiger partial charge in [0.05, 0.1) is 19.4 Å². The van der Waals surface area contributed by atoms with Gasteiger partial charge in [-0.05, 0) is 48.7 Å². The van der Waals surface area contributed by atoms with Crippen molar-refractivity contribution in [2.75, 3.05) is 18.0 Å². The molecule has 1 aliphatic heterocycles. The van der Waals surface area contributed by atoms with Crippen LogP contribution in [0.1, 0.15) is 17.7 Å². The molecule has 1 amide bonds. The lowest BCUT2D eigenvalue weighted by molar-refractivity contribution is -0.119. The second-order valence-electron chi connectivity index (χ2n) is 7.06. The minimum absolute atomic E-state index is 0.176. The minimum Gasteiger partial charge on any atom is -0.468 e. The van der Waals surface area contributed by atoms with Crippen LogP contribution in [-0.4, -0.2) is 31.7 Å². The highest BCUT2D eigenvalue weighted by atomic mass is 32.2. The van der Waals surface area contributed by atoms with Gasteiger partial charge in [-0.25, -0.2) is 12.8 Å². The van der Waals surface area contributed by atoms with Crippen LogP contribution in [0, 0.1) is 5.82 Å². The van der Waals surface area contributed by atoms with Gasteiger partial charge in [0.15, 0.2) is 0 Å². The van der Waals surface area contributed by atoms with Gasteiger partial charge < -0.3 is 9.32 Å². The maximum absolute atomic E-state index is 14.3. The number of carbonyl (C=O) groups excluding carboxylic acids is 1. The molecule has 4 rings (SSSR count). The summed E-state index contributed by atoms with van der Waals surface area (Å²) in [6.45, 7) is -0.0964. The Morgan fingerprint density at radius 1 is 1.07 bits per heavy atom. The van der Waals surface area contributed by atoms with Crippen molar-refractivity contribution in [2.45, 2.75) is 24.3 Å². The van der Waals surface area contributed by atoms with E-state index in [0.717, 1.165) is 34.5 Å². The normalized spacial score (nSPS) is 14.0. The zero-order valence-electron chi connectivity index (χ0n) is 16.2. The molecule has 8 heteroatoms. The Morgan fingerprint density at radius 2 is 1.83 bits per heavy atom. The molecule has 6 nitrogen and oxygen atoms in total. The molecule has 0 saturated heterocycles. The quantitative estimate of drug-likeness (QED) is 0.602. The van der Waals surface area contributed by atoms with E-state index in [1.54, 1.807) is 17.0 Å². The number of benzene rings is 2. The molecule has 0 bridgehead atoms. The van der Waals surface area contributed by atoms with Crippen LogP contribution in [0.2, 0.25) is 0 Å². The first-order valence-corrected chi connectivity index (χ1v) is 11.1. The van der Waals surface area contributed by atoms with Crippen molar-refractivity contribution >= 4 is 21.6 Å². The summed E-state index contributed by atoms with van der Waals surface area (Å²) < 4.78 is 47.0. The fraction of sp³-hybridized carbons (Fsp3) is 0.227. The summed E-state index contributed by atoms with van der Waals surface area (Å²) in [5.41, 5.74) is 1.83. The van der Waals surface area contributed by atoms with Gasteiger partial charge in [0.1, 0.15) is 16.5 Å². The van der Waals surface area contributed by atoms with Gasteiger partial charge in [0.25, 0.3) is 0 Å². The number of amides is 1. The van der Waals surface area contributed by atoms with E-state index in [1.165, 1.54) is 24.5 Å². The molecule has 3 aromatic rings. The molecule has 0 unspecified atom stereocenters. The Labute approximate surface area is 174 Å². The van der Waals surface area contributed by atoms with Crippen LogP contribution in [0.15, 0.2) is 76.2 Å². The number of sulfonamides is 1. The summed E-state index contributed by atoms with van der Waals surface area (Å²) >= 11 is 0. The number of aryl methyl sites for hydroxylation is 1. The van der Waals surface area contributed by atoms with Gasteiger partial charge in [-0.3, -0.25) is 4.79 Å². The molecule has 1 aromatic heterocycles. The zero-order valence-corrected chi connectivity index (χ0v) is 17.0. The van der Waals surface area contributed by atoms with E-state index < -0.39 is 27.3 Å². The van der Waals surface area contributed by atoms with Gasteiger partial charge in [-0.1, -0.05) is 30.3 Å². The second-order valence-corrected chi connectivity index (χ2v) is 8.97. The van der Waals surface area contributed by atoms with Crippen LogP contribution in [-0.2, 0) is 27.8 Å². The van der Waals surface area contributed by atoms with Crippen LogP contribution < -0.4 is 4.90 Å². The smallest absolute Gasteiger partial charge is 0.246 e. The molecule has 0 spiro atoms. The molecule has 0 aliphatic carbocycles. The second kappa shape index (κ2) is 8.41. The van der Waals surface area contributed by atoms with Gasteiger partial charge in [0, 0.05) is 12.2 Å². The van der Waals surface area contributed by atoms with Gasteiger partial charge >= 0.3 is 0 Å². The highest BCUT2D eigenvalue weighted by molar-refractivity contribution is 7.89. The van der Waals surface area contributed by atoms with E-state index in [2.05, 4.69) is 0 Å². The first kappa shape index (κ1) is 20.3. The van der Waals surface area contributed by atoms with Gasteiger partial charge in [-0.15, -0.1) is 0 Å². The van der Waals surface area contributed by atoms with Crippen molar-refractivity contribution in [1.82, 2.24) is 4.31 Å². The van der Waals surface area contributed by atoms with Crippen molar-refractivity contribution in [3.8, 4) is 0 Å². The SMILES string of the molecule is O=C(CN(Cc1ccco1)S(=O)(=O)c1ccccc1F)N1CCCc2ccccc21. The van der Waals surface area contributed by atoms with Crippen LogP contribution in [0.4, 0.5) is 10.1 Å². The van der Waals surface area contributed by atoms with E-state index >= 15 is 0 Å². The van der Waals surface area contributed by atoms with E-state index in [0.29, 0.717) is 12.3 Å². The molecule has 2 aromatic carbocycles. The number of rotatable bonds is 6. The number of hydrogen-bond acceptors (Lipinski definition) is 4. The van der Waals surface area contributed by atoms with Gasteiger partial charge in [0.2, 0.25) is 15.9 Å². The number of hydrogen-bond donors (Lipinski definition) is 0. The monoisotopic (exact) mass is 428 g/mol. The lowest BCUT2D eigenvalue weighted by Crippen LogP contribution is -2.44. The molecular formula is C22H21FN2O4S. The predicted octanol–water partition coefficient (Wildman–Crippen LogP) is 3.59. The Morgan fingerprint density at radius 3 is 2.60 bits per heavy atom. The number of fused-ring (bicyclic) bond motifs is 1. The fourth-order valence-electron chi connectivity index (χ4n) is 3.62. The van der Waals surface area contributed by atoms with E-state index in [-0.39, 0.29) is 12.5 Å². The number of carbonyl (C=O) groups is 1. The van der Waals surface area contributed by atoms with Crippen LogP contribution in [0.5, 0.6) is 0 Å². The number of anilines is 1. The fourth-order valence-corrected chi connectivity index (χ4v) is 5.04. The molecular weight excluding hydrogens is 407 g/mol. The molecule has 0 fully saturated rings.